The smallest absolute Gasteiger partial charge is 0.0237 e. The van der Waals surface area contributed by atoms with Crippen LogP contribution < -0.4 is 0 Å². The summed E-state index contributed by atoms with van der Waals surface area (Å²) >= 11 is 0. The molecular formula is C12H26N2. The monoisotopic (exact) mass is 198 g/mol. The van der Waals surface area contributed by atoms with E-state index in [2.05, 4.69) is 51.5 Å². The Hall–Kier alpha value is -0.0800. The van der Waals surface area contributed by atoms with Crippen LogP contribution in [0.25, 0.3) is 0 Å². The van der Waals surface area contributed by atoms with Crippen LogP contribution in [0.3, 0.4) is 0 Å². The minimum absolute atomic E-state index is 0.303. The first-order valence-electron chi connectivity index (χ1n) is 5.79. The Morgan fingerprint density at radius 1 is 1.29 bits per heavy atom. The molecule has 0 aromatic rings. The second-order valence-corrected chi connectivity index (χ2v) is 5.81. The predicted octanol–water partition coefficient (Wildman–Crippen LogP) is 2.20. The molecule has 1 aliphatic rings. The van der Waals surface area contributed by atoms with Crippen LogP contribution in [-0.4, -0.2) is 47.6 Å². The fourth-order valence-electron chi connectivity index (χ4n) is 2.10. The van der Waals surface area contributed by atoms with Gasteiger partial charge in [0.1, 0.15) is 0 Å². The van der Waals surface area contributed by atoms with Crippen molar-refractivity contribution < 1.29 is 0 Å². The van der Waals surface area contributed by atoms with Crippen molar-refractivity contribution in [2.75, 3.05) is 20.1 Å². The Kier molecular flexibility index (Phi) is 3.59. The number of rotatable bonds is 2. The molecule has 0 amide bonds. The molecule has 14 heavy (non-hydrogen) atoms. The van der Waals surface area contributed by atoms with E-state index < -0.39 is 0 Å². The summed E-state index contributed by atoms with van der Waals surface area (Å²) in [5.74, 6) is 0. The highest BCUT2D eigenvalue weighted by atomic mass is 15.3. The zero-order valence-corrected chi connectivity index (χ0v) is 10.7. The largest absolute Gasteiger partial charge is 0.299 e. The number of likely N-dealkylation sites (N-methyl/N-ethyl adjacent to an activating group) is 1. The summed E-state index contributed by atoms with van der Waals surface area (Å²) in [5.41, 5.74) is 0.303. The second kappa shape index (κ2) is 4.19. The van der Waals surface area contributed by atoms with E-state index in [4.69, 9.17) is 0 Å². The summed E-state index contributed by atoms with van der Waals surface area (Å²) in [6.07, 6.45) is 1.33. The van der Waals surface area contributed by atoms with Crippen molar-refractivity contribution in [1.29, 1.82) is 0 Å². The lowest BCUT2D eigenvalue weighted by Crippen LogP contribution is -2.46. The van der Waals surface area contributed by atoms with Crippen molar-refractivity contribution in [3.8, 4) is 0 Å². The molecule has 1 aliphatic heterocycles. The lowest BCUT2D eigenvalue weighted by molar-refractivity contribution is 0.115. The molecule has 0 radical (unpaired) electrons. The third-order valence-electron chi connectivity index (χ3n) is 3.53. The molecule has 0 spiro atoms. The molecule has 1 fully saturated rings. The van der Waals surface area contributed by atoms with Gasteiger partial charge in [-0.25, -0.2) is 0 Å². The highest BCUT2D eigenvalue weighted by Gasteiger charge is 2.31. The first-order chi connectivity index (χ1) is 6.32. The first kappa shape index (κ1) is 12.0. The molecule has 0 aromatic heterocycles. The Morgan fingerprint density at radius 2 is 1.86 bits per heavy atom. The van der Waals surface area contributed by atoms with Crippen LogP contribution in [0.1, 0.15) is 41.0 Å². The van der Waals surface area contributed by atoms with Crippen molar-refractivity contribution in [3.63, 3.8) is 0 Å². The third kappa shape index (κ3) is 2.71. The lowest BCUT2D eigenvalue weighted by atomic mass is 10.0. The average Bonchev–Trinajstić information content (AvgIpc) is 2.48. The molecule has 84 valence electrons. The van der Waals surface area contributed by atoms with Gasteiger partial charge >= 0.3 is 0 Å². The topological polar surface area (TPSA) is 6.48 Å². The maximum absolute atomic E-state index is 2.58. The van der Waals surface area contributed by atoms with Gasteiger partial charge in [-0.05, 0) is 48.1 Å². The minimum Gasteiger partial charge on any atom is -0.299 e. The van der Waals surface area contributed by atoms with Gasteiger partial charge in [0.05, 0.1) is 0 Å². The minimum atomic E-state index is 0.303. The molecule has 2 heteroatoms. The molecule has 1 unspecified atom stereocenters. The Bertz CT molecular complexity index is 181. The van der Waals surface area contributed by atoms with Gasteiger partial charge in [0.25, 0.3) is 0 Å². The van der Waals surface area contributed by atoms with Gasteiger partial charge < -0.3 is 0 Å². The molecule has 0 saturated carbocycles. The highest BCUT2D eigenvalue weighted by Crippen LogP contribution is 2.22. The predicted molar refractivity (Wildman–Crippen MR) is 62.6 cm³/mol. The summed E-state index contributed by atoms with van der Waals surface area (Å²) in [6, 6.07) is 1.45. The molecule has 0 bridgehead atoms. The van der Waals surface area contributed by atoms with Gasteiger partial charge in [0.15, 0.2) is 0 Å². The molecule has 0 aromatic carbocycles. The molecule has 1 rings (SSSR count). The van der Waals surface area contributed by atoms with E-state index in [-0.39, 0.29) is 0 Å². The maximum Gasteiger partial charge on any atom is 0.0237 e. The van der Waals surface area contributed by atoms with E-state index in [9.17, 15) is 0 Å². The fourth-order valence-corrected chi connectivity index (χ4v) is 2.10. The van der Waals surface area contributed by atoms with Gasteiger partial charge in [0, 0.05) is 30.7 Å². The van der Waals surface area contributed by atoms with Crippen LogP contribution in [0, 0.1) is 0 Å². The first-order valence-corrected chi connectivity index (χ1v) is 5.79. The molecular weight excluding hydrogens is 172 g/mol. The summed E-state index contributed by atoms with van der Waals surface area (Å²) in [7, 11) is 2.26. The number of hydrogen-bond donors (Lipinski definition) is 0. The number of hydrogen-bond acceptors (Lipinski definition) is 2. The highest BCUT2D eigenvalue weighted by molar-refractivity contribution is 4.88. The normalized spacial score (nSPS) is 25.3. The van der Waals surface area contributed by atoms with Crippen LogP contribution in [0.4, 0.5) is 0 Å². The zero-order chi connectivity index (χ0) is 10.9. The van der Waals surface area contributed by atoms with Crippen molar-refractivity contribution in [2.24, 2.45) is 0 Å². The van der Waals surface area contributed by atoms with Gasteiger partial charge in [0.2, 0.25) is 0 Å². The third-order valence-corrected chi connectivity index (χ3v) is 3.53. The van der Waals surface area contributed by atoms with E-state index >= 15 is 0 Å². The molecule has 1 heterocycles. The van der Waals surface area contributed by atoms with Crippen molar-refractivity contribution in [2.45, 2.75) is 58.7 Å². The number of likely N-dealkylation sites (tertiary alicyclic amines) is 1. The van der Waals surface area contributed by atoms with E-state index in [0.29, 0.717) is 11.6 Å². The van der Waals surface area contributed by atoms with E-state index in [1.54, 1.807) is 0 Å². The van der Waals surface area contributed by atoms with Crippen LogP contribution in [0.15, 0.2) is 0 Å². The van der Waals surface area contributed by atoms with E-state index in [1.807, 2.05) is 0 Å². The fraction of sp³-hybridized carbons (Fsp3) is 1.00. The van der Waals surface area contributed by atoms with Gasteiger partial charge in [-0.15, -0.1) is 0 Å². The molecule has 2 nitrogen and oxygen atoms in total. The Morgan fingerprint density at radius 3 is 2.21 bits per heavy atom. The quantitative estimate of drug-likeness (QED) is 0.671. The molecule has 1 saturated heterocycles. The molecule has 0 aliphatic carbocycles. The van der Waals surface area contributed by atoms with E-state index in [0.717, 1.165) is 6.04 Å². The summed E-state index contributed by atoms with van der Waals surface area (Å²) in [4.78, 5) is 5.10. The molecule has 1 atom stereocenters. The summed E-state index contributed by atoms with van der Waals surface area (Å²) < 4.78 is 0. The van der Waals surface area contributed by atoms with Gasteiger partial charge in [-0.3, -0.25) is 9.80 Å². The summed E-state index contributed by atoms with van der Waals surface area (Å²) in [6.45, 7) is 14.0. The number of nitrogens with zero attached hydrogens (tertiary/aromatic N) is 2. The van der Waals surface area contributed by atoms with Crippen molar-refractivity contribution >= 4 is 0 Å². The second-order valence-electron chi connectivity index (χ2n) is 5.81. The Labute approximate surface area is 89.3 Å². The van der Waals surface area contributed by atoms with Crippen LogP contribution >= 0.6 is 0 Å². The lowest BCUT2D eigenvalue weighted by Gasteiger charge is -2.37. The van der Waals surface area contributed by atoms with Gasteiger partial charge in [-0.2, -0.15) is 0 Å². The van der Waals surface area contributed by atoms with Crippen molar-refractivity contribution in [1.82, 2.24) is 9.80 Å². The SMILES string of the molecule is CC(C)N1CCC(N(C)C(C)(C)C)C1. The van der Waals surface area contributed by atoms with Gasteiger partial charge in [-0.1, -0.05) is 0 Å². The standard InChI is InChI=1S/C12H26N2/c1-10(2)14-8-7-11(9-14)13(6)12(3,4)5/h10-11H,7-9H2,1-6H3. The van der Waals surface area contributed by atoms with Crippen LogP contribution in [0.2, 0.25) is 0 Å². The van der Waals surface area contributed by atoms with E-state index in [1.165, 1.54) is 19.5 Å². The Balaban J connectivity index is 2.50. The van der Waals surface area contributed by atoms with Crippen molar-refractivity contribution in [3.05, 3.63) is 0 Å². The van der Waals surface area contributed by atoms with Crippen LogP contribution in [-0.2, 0) is 0 Å². The molecule has 0 N–H and O–H groups in total. The zero-order valence-electron chi connectivity index (χ0n) is 10.7. The summed E-state index contributed by atoms with van der Waals surface area (Å²) in [5, 5.41) is 0. The maximum atomic E-state index is 2.58. The van der Waals surface area contributed by atoms with Crippen LogP contribution in [0.5, 0.6) is 0 Å². The average molecular weight is 198 g/mol.